The molecule has 41 heavy (non-hydrogen) atoms. The van der Waals surface area contributed by atoms with Crippen LogP contribution in [0.4, 0.5) is 4.39 Å². The molecule has 6 rings (SSSR count). The van der Waals surface area contributed by atoms with E-state index in [1.165, 1.54) is 17.1 Å². The predicted octanol–water partition coefficient (Wildman–Crippen LogP) is 6.31. The highest BCUT2D eigenvalue weighted by atomic mass is 19.1. The molecule has 5 aromatic rings. The molecule has 0 saturated carbocycles. The Labute approximate surface area is 235 Å². The van der Waals surface area contributed by atoms with Gasteiger partial charge < -0.3 is 13.9 Å². The largest absolute Gasteiger partial charge is 0.497 e. The number of methoxy groups -OCH3 is 1. The molecule has 4 aromatic carbocycles. The highest BCUT2D eigenvalue weighted by Gasteiger charge is 2.33. The summed E-state index contributed by atoms with van der Waals surface area (Å²) in [5.41, 5.74) is 3.97. The fourth-order valence-corrected chi connectivity index (χ4v) is 4.58. The van der Waals surface area contributed by atoms with Gasteiger partial charge in [-0.05, 0) is 83.9 Å². The van der Waals surface area contributed by atoms with Gasteiger partial charge in [0.15, 0.2) is 6.61 Å². The maximum atomic E-state index is 13.6. The SMILES string of the molecule is COc1ccc(C2=NN(C(=O)COc3ccc(-c4nnc(-c5ccccc5)o4)cc3)C(c3ccc(F)cc3)C2)cc1. The minimum atomic E-state index is -0.387. The molecule has 1 aliphatic heterocycles. The van der Waals surface area contributed by atoms with Crippen molar-refractivity contribution >= 4 is 11.6 Å². The van der Waals surface area contributed by atoms with E-state index < -0.39 is 0 Å². The summed E-state index contributed by atoms with van der Waals surface area (Å²) in [6.07, 6.45) is 0.480. The summed E-state index contributed by atoms with van der Waals surface area (Å²) in [4.78, 5) is 13.3. The Morgan fingerprint density at radius 3 is 2.10 bits per heavy atom. The molecular weight excluding hydrogens is 523 g/mol. The summed E-state index contributed by atoms with van der Waals surface area (Å²) in [6.45, 7) is -0.227. The molecule has 1 aliphatic rings. The van der Waals surface area contributed by atoms with Crippen LogP contribution in [0.5, 0.6) is 11.5 Å². The number of aromatic nitrogens is 2. The standard InChI is InChI=1S/C32H25FN4O4/c1-39-26-15-9-21(10-16-26)28-19-29(22-7-13-25(33)14-8-22)37(36-28)30(38)20-40-27-17-11-24(12-18-27)32-35-34-31(41-32)23-5-3-2-4-6-23/h2-18,29H,19-20H2,1H3. The molecule has 0 saturated heterocycles. The molecule has 8 nitrogen and oxygen atoms in total. The number of carbonyl (C=O) groups is 1. The minimum Gasteiger partial charge on any atom is -0.497 e. The molecule has 204 valence electrons. The second kappa shape index (κ2) is 11.4. The zero-order valence-corrected chi connectivity index (χ0v) is 22.1. The van der Waals surface area contributed by atoms with Gasteiger partial charge in [-0.25, -0.2) is 9.40 Å². The van der Waals surface area contributed by atoms with Crippen LogP contribution < -0.4 is 9.47 Å². The van der Waals surface area contributed by atoms with Gasteiger partial charge in [-0.2, -0.15) is 5.10 Å². The van der Waals surface area contributed by atoms with Gasteiger partial charge in [-0.1, -0.05) is 30.3 Å². The number of hydrogen-bond donors (Lipinski definition) is 0. The lowest BCUT2D eigenvalue weighted by Gasteiger charge is -2.22. The Morgan fingerprint density at radius 1 is 0.829 bits per heavy atom. The number of carbonyl (C=O) groups excluding carboxylic acids is 1. The molecule has 9 heteroatoms. The lowest BCUT2D eigenvalue weighted by Crippen LogP contribution is -2.31. The van der Waals surface area contributed by atoms with Gasteiger partial charge in [0.1, 0.15) is 17.3 Å². The fraction of sp³-hybridized carbons (Fsp3) is 0.125. The van der Waals surface area contributed by atoms with Crippen LogP contribution in [-0.2, 0) is 4.79 Å². The minimum absolute atomic E-state index is 0.227. The number of hydrazone groups is 1. The monoisotopic (exact) mass is 548 g/mol. The molecule has 1 aromatic heterocycles. The Hall–Kier alpha value is -5.31. The molecule has 0 aliphatic carbocycles. The van der Waals surface area contributed by atoms with Crippen molar-refractivity contribution in [1.29, 1.82) is 0 Å². The average molecular weight is 549 g/mol. The van der Waals surface area contributed by atoms with E-state index in [0.717, 1.165) is 33.7 Å². The number of amides is 1. The van der Waals surface area contributed by atoms with Gasteiger partial charge in [0.2, 0.25) is 11.8 Å². The van der Waals surface area contributed by atoms with E-state index in [4.69, 9.17) is 13.9 Å². The van der Waals surface area contributed by atoms with Gasteiger partial charge in [0, 0.05) is 17.5 Å². The summed E-state index contributed by atoms with van der Waals surface area (Å²) in [7, 11) is 1.60. The van der Waals surface area contributed by atoms with E-state index in [0.29, 0.717) is 24.0 Å². The smallest absolute Gasteiger partial charge is 0.281 e. The van der Waals surface area contributed by atoms with E-state index in [9.17, 15) is 9.18 Å². The third-order valence-electron chi connectivity index (χ3n) is 6.75. The van der Waals surface area contributed by atoms with Crippen LogP contribution >= 0.6 is 0 Å². The van der Waals surface area contributed by atoms with Gasteiger partial charge in [0.25, 0.3) is 5.91 Å². The van der Waals surface area contributed by atoms with Gasteiger partial charge in [-0.3, -0.25) is 4.79 Å². The number of benzene rings is 4. The van der Waals surface area contributed by atoms with E-state index in [2.05, 4.69) is 15.3 Å². The van der Waals surface area contributed by atoms with Crippen LogP contribution in [0.3, 0.4) is 0 Å². The third kappa shape index (κ3) is 5.69. The van der Waals surface area contributed by atoms with Crippen molar-refractivity contribution in [2.45, 2.75) is 12.5 Å². The Bertz CT molecular complexity index is 1670. The summed E-state index contributed by atoms with van der Waals surface area (Å²) >= 11 is 0. The molecule has 0 N–H and O–H groups in total. The molecule has 0 fully saturated rings. The first-order valence-electron chi connectivity index (χ1n) is 13.0. The number of nitrogens with zero attached hydrogens (tertiary/aromatic N) is 4. The molecule has 0 spiro atoms. The quantitative estimate of drug-likeness (QED) is 0.226. The fourth-order valence-electron chi connectivity index (χ4n) is 4.58. The molecule has 0 radical (unpaired) electrons. The first kappa shape index (κ1) is 25.9. The highest BCUT2D eigenvalue weighted by molar-refractivity contribution is 6.03. The van der Waals surface area contributed by atoms with E-state index in [1.54, 1.807) is 43.5 Å². The van der Waals surface area contributed by atoms with Crippen molar-refractivity contribution in [3.8, 4) is 34.4 Å². The van der Waals surface area contributed by atoms with Crippen molar-refractivity contribution in [2.75, 3.05) is 13.7 Å². The molecule has 1 unspecified atom stereocenters. The zero-order chi connectivity index (χ0) is 28.2. The average Bonchev–Trinajstić information content (AvgIpc) is 3.70. The number of halogens is 1. The summed E-state index contributed by atoms with van der Waals surface area (Å²) in [5.74, 6) is 1.38. The molecular formula is C32H25FN4O4. The van der Waals surface area contributed by atoms with Crippen LogP contribution in [0.2, 0.25) is 0 Å². The lowest BCUT2D eigenvalue weighted by atomic mass is 9.98. The number of rotatable bonds is 8. The summed E-state index contributed by atoms with van der Waals surface area (Å²) in [5, 5.41) is 14.3. The van der Waals surface area contributed by atoms with Crippen LogP contribution in [0.1, 0.15) is 23.6 Å². The molecule has 0 bridgehead atoms. The maximum absolute atomic E-state index is 13.6. The lowest BCUT2D eigenvalue weighted by molar-refractivity contribution is -0.135. The first-order valence-corrected chi connectivity index (χ1v) is 13.0. The van der Waals surface area contributed by atoms with E-state index >= 15 is 0 Å². The summed E-state index contributed by atoms with van der Waals surface area (Å²) in [6, 6.07) is 29.8. The van der Waals surface area contributed by atoms with Crippen LogP contribution in [0.15, 0.2) is 113 Å². The van der Waals surface area contributed by atoms with Crippen molar-refractivity contribution in [3.63, 3.8) is 0 Å². The summed E-state index contributed by atoms with van der Waals surface area (Å²) < 4.78 is 30.5. The van der Waals surface area contributed by atoms with Gasteiger partial charge in [-0.15, -0.1) is 10.2 Å². The van der Waals surface area contributed by atoms with E-state index in [-0.39, 0.29) is 24.4 Å². The first-order chi connectivity index (χ1) is 20.1. The second-order valence-corrected chi connectivity index (χ2v) is 9.38. The van der Waals surface area contributed by atoms with Crippen molar-refractivity contribution < 1.29 is 23.1 Å². The van der Waals surface area contributed by atoms with Crippen molar-refractivity contribution in [2.24, 2.45) is 5.10 Å². The van der Waals surface area contributed by atoms with Crippen LogP contribution in [-0.4, -0.2) is 40.5 Å². The van der Waals surface area contributed by atoms with Crippen molar-refractivity contribution in [1.82, 2.24) is 15.2 Å². The molecule has 1 atom stereocenters. The van der Waals surface area contributed by atoms with Gasteiger partial charge >= 0.3 is 0 Å². The Balaban J connectivity index is 1.16. The number of hydrogen-bond acceptors (Lipinski definition) is 7. The topological polar surface area (TPSA) is 90.0 Å². The Kier molecular flexibility index (Phi) is 7.23. The van der Waals surface area contributed by atoms with Crippen molar-refractivity contribution in [3.05, 3.63) is 120 Å². The number of ether oxygens (including phenoxy) is 2. The second-order valence-electron chi connectivity index (χ2n) is 9.38. The molecule has 1 amide bonds. The Morgan fingerprint density at radius 2 is 1.44 bits per heavy atom. The van der Waals surface area contributed by atoms with E-state index in [1.807, 2.05) is 54.6 Å². The normalized spacial score (nSPS) is 14.5. The molecule has 2 heterocycles. The highest BCUT2D eigenvalue weighted by Crippen LogP contribution is 2.33. The zero-order valence-electron chi connectivity index (χ0n) is 22.1. The van der Waals surface area contributed by atoms with Crippen LogP contribution in [0.25, 0.3) is 22.9 Å². The maximum Gasteiger partial charge on any atom is 0.281 e. The predicted molar refractivity (Wildman–Crippen MR) is 151 cm³/mol. The van der Waals surface area contributed by atoms with Crippen LogP contribution in [0, 0.1) is 5.82 Å². The van der Waals surface area contributed by atoms with Gasteiger partial charge in [0.05, 0.1) is 18.9 Å². The third-order valence-corrected chi connectivity index (χ3v) is 6.75.